The molecule has 0 atom stereocenters. The predicted octanol–water partition coefficient (Wildman–Crippen LogP) is 0.681. The van der Waals surface area contributed by atoms with E-state index in [4.69, 9.17) is 9.68 Å². The molecule has 11 nitrogen and oxygen atoms in total. The summed E-state index contributed by atoms with van der Waals surface area (Å²) in [6.45, 7) is 2.44. The lowest BCUT2D eigenvalue weighted by molar-refractivity contribution is -0.139. The smallest absolute Gasteiger partial charge is 0.329 e. The average molecular weight is 317 g/mol. The van der Waals surface area contributed by atoms with Crippen molar-refractivity contribution in [1.82, 2.24) is 25.4 Å². The van der Waals surface area contributed by atoms with Gasteiger partial charge in [0.15, 0.2) is 0 Å². The maximum Gasteiger partial charge on any atom is 0.329 e. The Morgan fingerprint density at radius 3 is 1.70 bits per heavy atom. The van der Waals surface area contributed by atoms with Gasteiger partial charge in [-0.15, -0.1) is 0 Å². The predicted molar refractivity (Wildman–Crippen MR) is 77.8 cm³/mol. The number of nitrogens with one attached hydrogen (secondary N) is 3. The number of hydrogen-bond donors (Lipinski definition) is 3. The van der Waals surface area contributed by atoms with Gasteiger partial charge in [-0.1, -0.05) is 0 Å². The summed E-state index contributed by atoms with van der Waals surface area (Å²) in [6.07, 6.45) is 0. The van der Waals surface area contributed by atoms with Gasteiger partial charge >= 0.3 is 11.9 Å². The van der Waals surface area contributed by atoms with Crippen LogP contribution >= 0.6 is 0 Å². The Balaban J connectivity index is 2.06. The highest BCUT2D eigenvalue weighted by molar-refractivity contribution is 5.92. The molecule has 11 heteroatoms. The molecule has 0 fully saturated rings. The molecule has 0 saturated heterocycles. The molecule has 0 aliphatic carbocycles. The molecule has 0 amide bonds. The summed E-state index contributed by atoms with van der Waals surface area (Å²) in [7, 11) is 0. The lowest BCUT2D eigenvalue weighted by atomic mass is 10.2. The second kappa shape index (κ2) is 5.71. The van der Waals surface area contributed by atoms with Crippen molar-refractivity contribution in [1.29, 1.82) is 0 Å². The van der Waals surface area contributed by atoms with E-state index in [9.17, 15) is 9.59 Å². The van der Waals surface area contributed by atoms with Crippen LogP contribution in [-0.2, 0) is 19.3 Å². The molecule has 0 spiro atoms. The van der Waals surface area contributed by atoms with E-state index in [0.29, 0.717) is 22.1 Å². The van der Waals surface area contributed by atoms with Crippen LogP contribution in [-0.4, -0.2) is 37.3 Å². The summed E-state index contributed by atoms with van der Waals surface area (Å²) >= 11 is 0. The molecule has 23 heavy (non-hydrogen) atoms. The lowest BCUT2D eigenvalue weighted by Crippen LogP contribution is -2.14. The standard InChI is InChI=1S/C12H11N7O4/c1-5(20)22-17-11-12(18-23-6(2)21)14-8-4-10-9(15-19-16-10)3-7(8)13-11/h3-4H,1-2H3,(H,13,17)(H,14,18)(H,15,16,19). The number of aromatic amines is 1. The van der Waals surface area contributed by atoms with Crippen molar-refractivity contribution in [2.75, 3.05) is 11.0 Å². The highest BCUT2D eigenvalue weighted by Gasteiger charge is 2.13. The minimum absolute atomic E-state index is 0.0665. The zero-order valence-electron chi connectivity index (χ0n) is 12.1. The SMILES string of the molecule is CC(=O)ONc1nc2cc3n[nH]nc3cc2nc1NOC(C)=O. The van der Waals surface area contributed by atoms with Gasteiger partial charge in [-0.25, -0.2) is 9.97 Å². The fourth-order valence-corrected chi connectivity index (χ4v) is 1.78. The maximum absolute atomic E-state index is 10.9. The molecule has 0 aliphatic heterocycles. The van der Waals surface area contributed by atoms with Gasteiger partial charge in [0.25, 0.3) is 0 Å². The number of carbonyl (C=O) groups excluding carboxylic acids is 2. The van der Waals surface area contributed by atoms with Crippen molar-refractivity contribution in [3.63, 3.8) is 0 Å². The van der Waals surface area contributed by atoms with Crippen LogP contribution in [0.25, 0.3) is 22.1 Å². The molecule has 0 saturated carbocycles. The van der Waals surface area contributed by atoms with E-state index in [2.05, 4.69) is 36.3 Å². The van der Waals surface area contributed by atoms with Crippen molar-refractivity contribution >= 4 is 45.6 Å². The molecule has 0 aliphatic rings. The average Bonchev–Trinajstić information content (AvgIpc) is 2.95. The van der Waals surface area contributed by atoms with Crippen molar-refractivity contribution in [2.45, 2.75) is 13.8 Å². The molecule has 0 bridgehead atoms. The quantitative estimate of drug-likeness (QED) is 0.587. The molecule has 0 unspecified atom stereocenters. The Bertz CT molecular complexity index is 835. The summed E-state index contributed by atoms with van der Waals surface area (Å²) in [5.41, 5.74) is 6.87. The van der Waals surface area contributed by atoms with Crippen LogP contribution in [0.1, 0.15) is 13.8 Å². The molecule has 2 aromatic heterocycles. The van der Waals surface area contributed by atoms with E-state index in [0.717, 1.165) is 0 Å². The van der Waals surface area contributed by atoms with Gasteiger partial charge < -0.3 is 9.68 Å². The van der Waals surface area contributed by atoms with Gasteiger partial charge in [-0.2, -0.15) is 26.4 Å². The Labute approximate surface area is 128 Å². The maximum atomic E-state index is 10.9. The topological polar surface area (TPSA) is 144 Å². The molecule has 3 rings (SSSR count). The first-order valence-electron chi connectivity index (χ1n) is 6.42. The summed E-state index contributed by atoms with van der Waals surface area (Å²) in [5.74, 6) is -1.01. The largest absolute Gasteiger partial charge is 0.342 e. The summed E-state index contributed by atoms with van der Waals surface area (Å²) in [4.78, 5) is 39.8. The normalized spacial score (nSPS) is 10.5. The third kappa shape index (κ3) is 3.07. The van der Waals surface area contributed by atoms with Crippen LogP contribution in [0.15, 0.2) is 12.1 Å². The Hall–Kier alpha value is -3.50. The molecular weight excluding hydrogens is 306 g/mol. The van der Waals surface area contributed by atoms with Gasteiger partial charge in [-0.05, 0) is 12.1 Å². The van der Waals surface area contributed by atoms with E-state index in [1.165, 1.54) is 13.8 Å². The number of H-pyrrole nitrogens is 1. The number of carbonyl (C=O) groups is 2. The van der Waals surface area contributed by atoms with Crippen molar-refractivity contribution in [2.24, 2.45) is 0 Å². The third-order valence-corrected chi connectivity index (χ3v) is 2.68. The number of benzene rings is 1. The molecule has 118 valence electrons. The number of rotatable bonds is 4. The second-order valence-electron chi connectivity index (χ2n) is 4.47. The lowest BCUT2D eigenvalue weighted by Gasteiger charge is -2.11. The minimum Gasteiger partial charge on any atom is -0.342 e. The van der Waals surface area contributed by atoms with E-state index in [1.54, 1.807) is 12.1 Å². The highest BCUT2D eigenvalue weighted by Crippen LogP contribution is 2.24. The Kier molecular flexibility index (Phi) is 3.58. The Morgan fingerprint density at radius 1 is 0.870 bits per heavy atom. The molecule has 3 aromatic rings. The van der Waals surface area contributed by atoms with Gasteiger partial charge in [0.2, 0.25) is 11.6 Å². The first kappa shape index (κ1) is 14.4. The van der Waals surface area contributed by atoms with E-state index in [-0.39, 0.29) is 11.6 Å². The van der Waals surface area contributed by atoms with Crippen LogP contribution in [0.4, 0.5) is 11.6 Å². The van der Waals surface area contributed by atoms with Gasteiger partial charge in [0.1, 0.15) is 11.0 Å². The summed E-state index contributed by atoms with van der Waals surface area (Å²) < 4.78 is 0. The molecule has 1 aromatic carbocycles. The summed E-state index contributed by atoms with van der Waals surface area (Å²) in [6, 6.07) is 3.32. The number of nitrogens with zero attached hydrogens (tertiary/aromatic N) is 4. The Morgan fingerprint density at radius 2 is 1.30 bits per heavy atom. The molecule has 3 N–H and O–H groups in total. The highest BCUT2D eigenvalue weighted by atomic mass is 16.7. The van der Waals surface area contributed by atoms with Crippen LogP contribution in [0.5, 0.6) is 0 Å². The first-order valence-corrected chi connectivity index (χ1v) is 6.42. The number of anilines is 2. The second-order valence-corrected chi connectivity index (χ2v) is 4.47. The minimum atomic E-state index is -0.572. The fraction of sp³-hybridized carbons (Fsp3) is 0.167. The molecule has 2 heterocycles. The number of fused-ring (bicyclic) bond motifs is 2. The third-order valence-electron chi connectivity index (χ3n) is 2.68. The van der Waals surface area contributed by atoms with E-state index >= 15 is 0 Å². The van der Waals surface area contributed by atoms with E-state index in [1.807, 2.05) is 0 Å². The van der Waals surface area contributed by atoms with Crippen LogP contribution in [0.2, 0.25) is 0 Å². The van der Waals surface area contributed by atoms with Crippen molar-refractivity contribution in [3.05, 3.63) is 12.1 Å². The monoisotopic (exact) mass is 317 g/mol. The van der Waals surface area contributed by atoms with Crippen molar-refractivity contribution < 1.29 is 19.3 Å². The van der Waals surface area contributed by atoms with Crippen LogP contribution in [0.3, 0.4) is 0 Å². The van der Waals surface area contributed by atoms with Crippen molar-refractivity contribution in [3.8, 4) is 0 Å². The van der Waals surface area contributed by atoms with E-state index < -0.39 is 11.9 Å². The number of hydrogen-bond acceptors (Lipinski definition) is 10. The first-order chi connectivity index (χ1) is 11.0. The molecular formula is C12H11N7O4. The van der Waals surface area contributed by atoms with Crippen LogP contribution < -0.4 is 11.0 Å². The zero-order valence-corrected chi connectivity index (χ0v) is 12.1. The van der Waals surface area contributed by atoms with Gasteiger partial charge in [0.05, 0.1) is 11.0 Å². The summed E-state index contributed by atoms with van der Waals surface area (Å²) in [5, 5.41) is 10.4. The van der Waals surface area contributed by atoms with Gasteiger partial charge in [-0.3, -0.25) is 9.59 Å². The zero-order chi connectivity index (χ0) is 16.4. The fourth-order valence-electron chi connectivity index (χ4n) is 1.78. The molecule has 0 radical (unpaired) electrons. The van der Waals surface area contributed by atoms with Crippen LogP contribution in [0, 0.1) is 0 Å². The van der Waals surface area contributed by atoms with Gasteiger partial charge in [0, 0.05) is 13.8 Å². The number of aromatic nitrogens is 5.